The first-order valence-corrected chi connectivity index (χ1v) is 10.9. The summed E-state index contributed by atoms with van der Waals surface area (Å²) in [4.78, 5) is 2.45. The average Bonchev–Trinajstić information content (AvgIpc) is 3.28. The van der Waals surface area contributed by atoms with E-state index in [0.29, 0.717) is 24.0 Å². The summed E-state index contributed by atoms with van der Waals surface area (Å²) in [6.07, 6.45) is 3.91. The van der Waals surface area contributed by atoms with Gasteiger partial charge in [-0.25, -0.2) is 0 Å². The van der Waals surface area contributed by atoms with Gasteiger partial charge in [0.2, 0.25) is 5.75 Å². The van der Waals surface area contributed by atoms with Crippen LogP contribution in [0.15, 0.2) is 36.4 Å². The fraction of sp³-hybridized carbons (Fsp3) is 0.500. The lowest BCUT2D eigenvalue weighted by atomic mass is 9.86. The number of hydrogen-bond donors (Lipinski definition) is 1. The Morgan fingerprint density at radius 3 is 2.77 bits per heavy atom. The molecule has 1 saturated heterocycles. The van der Waals surface area contributed by atoms with Gasteiger partial charge in [0.05, 0.1) is 19.4 Å². The third-order valence-electron chi connectivity index (χ3n) is 6.59. The molecule has 2 N–H and O–H groups in total. The van der Waals surface area contributed by atoms with Gasteiger partial charge in [0, 0.05) is 32.0 Å². The van der Waals surface area contributed by atoms with E-state index in [1.165, 1.54) is 11.3 Å². The Bertz CT molecular complexity index is 881. The van der Waals surface area contributed by atoms with Gasteiger partial charge < -0.3 is 29.6 Å². The maximum Gasteiger partial charge on any atom is 0.203 e. The largest absolute Gasteiger partial charge is 0.493 e. The molecule has 0 aliphatic carbocycles. The van der Waals surface area contributed by atoms with E-state index in [1.54, 1.807) is 7.11 Å². The topological polar surface area (TPSA) is 66.2 Å². The summed E-state index contributed by atoms with van der Waals surface area (Å²) in [6, 6.07) is 12.3. The van der Waals surface area contributed by atoms with Crippen LogP contribution in [0.1, 0.15) is 24.8 Å². The van der Waals surface area contributed by atoms with Gasteiger partial charge in [-0.05, 0) is 42.5 Å². The van der Waals surface area contributed by atoms with Crippen LogP contribution in [0.4, 0.5) is 5.69 Å². The second kappa shape index (κ2) is 8.26. The predicted molar refractivity (Wildman–Crippen MR) is 116 cm³/mol. The van der Waals surface area contributed by atoms with Crippen molar-refractivity contribution in [3.05, 3.63) is 42.0 Å². The zero-order valence-corrected chi connectivity index (χ0v) is 17.5. The van der Waals surface area contributed by atoms with Crippen LogP contribution in [0.2, 0.25) is 0 Å². The Labute approximate surface area is 177 Å². The normalized spacial score (nSPS) is 21.7. The van der Waals surface area contributed by atoms with E-state index in [1.807, 2.05) is 18.2 Å². The van der Waals surface area contributed by atoms with E-state index in [2.05, 4.69) is 23.1 Å². The fourth-order valence-corrected chi connectivity index (χ4v) is 4.90. The molecule has 3 aliphatic rings. The zero-order chi connectivity index (χ0) is 20.5. The number of para-hydroxylation sites is 2. The first-order chi connectivity index (χ1) is 14.7. The summed E-state index contributed by atoms with van der Waals surface area (Å²) in [6.45, 7) is 3.35. The van der Waals surface area contributed by atoms with E-state index < -0.39 is 0 Å². The van der Waals surface area contributed by atoms with E-state index in [4.69, 9.17) is 24.7 Å². The first-order valence-electron chi connectivity index (χ1n) is 10.9. The fourth-order valence-electron chi connectivity index (χ4n) is 4.90. The minimum Gasteiger partial charge on any atom is -0.493 e. The van der Waals surface area contributed by atoms with Gasteiger partial charge in [-0.1, -0.05) is 18.2 Å². The van der Waals surface area contributed by atoms with Gasteiger partial charge in [0.25, 0.3) is 0 Å². The zero-order valence-electron chi connectivity index (χ0n) is 17.5. The lowest BCUT2D eigenvalue weighted by molar-refractivity contribution is 0.0697. The molecule has 2 aromatic rings. The van der Waals surface area contributed by atoms with Crippen molar-refractivity contribution in [1.82, 2.24) is 0 Å². The number of piperidine rings is 1. The third-order valence-corrected chi connectivity index (χ3v) is 6.59. The number of nitrogens with zero attached hydrogens (tertiary/aromatic N) is 1. The van der Waals surface area contributed by atoms with Gasteiger partial charge >= 0.3 is 0 Å². The second-order valence-electron chi connectivity index (χ2n) is 8.43. The number of benzene rings is 2. The molecule has 5 rings (SSSR count). The molecule has 0 bridgehead atoms. The van der Waals surface area contributed by atoms with E-state index in [9.17, 15) is 0 Å². The SMILES string of the molecule is COc1cccc2c1OC(CC(N)C1CCN(c3cccc4c3OCC4)CC1)CO2. The molecule has 3 aliphatic heterocycles. The van der Waals surface area contributed by atoms with Crippen molar-refractivity contribution in [2.24, 2.45) is 11.7 Å². The first kappa shape index (κ1) is 19.4. The Morgan fingerprint density at radius 1 is 1.10 bits per heavy atom. The third kappa shape index (κ3) is 3.65. The maximum absolute atomic E-state index is 6.63. The van der Waals surface area contributed by atoms with Crippen LogP contribution in [0.5, 0.6) is 23.0 Å². The molecule has 0 aromatic heterocycles. The molecule has 160 valence electrons. The number of ether oxygens (including phenoxy) is 4. The Balaban J connectivity index is 1.18. The van der Waals surface area contributed by atoms with Crippen LogP contribution >= 0.6 is 0 Å². The van der Waals surface area contributed by atoms with E-state index in [0.717, 1.165) is 56.9 Å². The van der Waals surface area contributed by atoms with Gasteiger partial charge in [-0.15, -0.1) is 0 Å². The minimum absolute atomic E-state index is 0.0485. The molecule has 2 aromatic carbocycles. The van der Waals surface area contributed by atoms with Gasteiger partial charge in [-0.2, -0.15) is 0 Å². The van der Waals surface area contributed by atoms with Crippen LogP contribution in [-0.4, -0.2) is 45.6 Å². The van der Waals surface area contributed by atoms with Crippen LogP contribution in [0.3, 0.4) is 0 Å². The Kier molecular flexibility index (Phi) is 5.34. The van der Waals surface area contributed by atoms with Crippen molar-refractivity contribution in [2.45, 2.75) is 37.8 Å². The number of nitrogens with two attached hydrogens (primary N) is 1. The molecule has 6 nitrogen and oxygen atoms in total. The number of methoxy groups -OCH3 is 1. The molecule has 0 spiro atoms. The van der Waals surface area contributed by atoms with Crippen LogP contribution in [-0.2, 0) is 6.42 Å². The van der Waals surface area contributed by atoms with Crippen LogP contribution in [0, 0.1) is 5.92 Å². The highest BCUT2D eigenvalue weighted by Gasteiger charge is 2.31. The van der Waals surface area contributed by atoms with Crippen molar-refractivity contribution in [2.75, 3.05) is 38.3 Å². The molecule has 0 saturated carbocycles. The summed E-state index contributed by atoms with van der Waals surface area (Å²) < 4.78 is 23.4. The second-order valence-corrected chi connectivity index (χ2v) is 8.43. The lowest BCUT2D eigenvalue weighted by Gasteiger charge is -2.38. The number of hydrogen-bond acceptors (Lipinski definition) is 6. The molecule has 1 fully saturated rings. The Morgan fingerprint density at radius 2 is 1.93 bits per heavy atom. The van der Waals surface area contributed by atoms with Crippen molar-refractivity contribution in [3.63, 3.8) is 0 Å². The van der Waals surface area contributed by atoms with Crippen molar-refractivity contribution < 1.29 is 18.9 Å². The molecule has 30 heavy (non-hydrogen) atoms. The molecule has 0 radical (unpaired) electrons. The van der Waals surface area contributed by atoms with Gasteiger partial charge in [0.15, 0.2) is 11.5 Å². The summed E-state index contributed by atoms with van der Waals surface area (Å²) >= 11 is 0. The summed E-state index contributed by atoms with van der Waals surface area (Å²) in [5.41, 5.74) is 9.20. The highest BCUT2D eigenvalue weighted by Crippen LogP contribution is 2.41. The molecular weight excluding hydrogens is 380 g/mol. The van der Waals surface area contributed by atoms with Crippen LogP contribution < -0.4 is 29.6 Å². The van der Waals surface area contributed by atoms with E-state index >= 15 is 0 Å². The standard InChI is InChI=1S/C24H30N2O4/c1-27-21-6-3-7-22-24(21)30-18(15-29-22)14-19(25)16-8-11-26(12-9-16)20-5-2-4-17-10-13-28-23(17)20/h2-7,16,18-19H,8-15,25H2,1H3. The molecule has 3 heterocycles. The molecular formula is C24H30N2O4. The van der Waals surface area contributed by atoms with Crippen LogP contribution in [0.25, 0.3) is 0 Å². The summed E-state index contributed by atoms with van der Waals surface area (Å²) in [5.74, 6) is 3.71. The predicted octanol–water partition coefficient (Wildman–Crippen LogP) is 3.40. The molecule has 2 unspecified atom stereocenters. The molecule has 2 atom stereocenters. The maximum atomic E-state index is 6.63. The smallest absolute Gasteiger partial charge is 0.203 e. The van der Waals surface area contributed by atoms with Gasteiger partial charge in [-0.3, -0.25) is 0 Å². The molecule has 6 heteroatoms. The van der Waals surface area contributed by atoms with E-state index in [-0.39, 0.29) is 12.1 Å². The number of anilines is 1. The Hall–Kier alpha value is -2.60. The van der Waals surface area contributed by atoms with Crippen molar-refractivity contribution >= 4 is 5.69 Å². The highest BCUT2D eigenvalue weighted by molar-refractivity contribution is 5.63. The summed E-state index contributed by atoms with van der Waals surface area (Å²) in [5, 5.41) is 0. The lowest BCUT2D eigenvalue weighted by Crippen LogP contribution is -2.44. The molecule has 0 amide bonds. The average molecular weight is 411 g/mol. The van der Waals surface area contributed by atoms with Crippen molar-refractivity contribution in [3.8, 4) is 23.0 Å². The summed E-state index contributed by atoms with van der Waals surface area (Å²) in [7, 11) is 1.65. The highest BCUT2D eigenvalue weighted by atomic mass is 16.6. The number of rotatable bonds is 5. The van der Waals surface area contributed by atoms with Crippen molar-refractivity contribution in [1.29, 1.82) is 0 Å². The quantitative estimate of drug-likeness (QED) is 0.815. The van der Waals surface area contributed by atoms with Gasteiger partial charge in [0.1, 0.15) is 18.5 Å². The number of fused-ring (bicyclic) bond motifs is 2. The minimum atomic E-state index is -0.0485. The monoisotopic (exact) mass is 410 g/mol.